The van der Waals surface area contributed by atoms with Crippen LogP contribution >= 0.6 is 0 Å². The number of nitrogens with two attached hydrogens (primary N) is 1. The molecule has 0 saturated carbocycles. The Kier molecular flexibility index (Phi) is 4.81. The molecule has 0 radical (unpaired) electrons. The van der Waals surface area contributed by atoms with Gasteiger partial charge in [-0.3, -0.25) is 0 Å². The summed E-state index contributed by atoms with van der Waals surface area (Å²) in [6, 6.07) is 6.33. The summed E-state index contributed by atoms with van der Waals surface area (Å²) >= 11 is 0. The number of nitrogens with zero attached hydrogens (tertiary/aromatic N) is 1. The Balaban J connectivity index is 2.26. The largest absolute Gasteiger partial charge is 0.390 e. The summed E-state index contributed by atoms with van der Waals surface area (Å²) in [6.45, 7) is 9.61. The zero-order valence-corrected chi connectivity index (χ0v) is 12.6. The van der Waals surface area contributed by atoms with Crippen LogP contribution in [0.15, 0.2) is 37.1 Å². The number of rotatable bonds is 7. The van der Waals surface area contributed by atoms with Crippen LogP contribution in [0.25, 0.3) is 5.70 Å². The van der Waals surface area contributed by atoms with Crippen LogP contribution in [0.5, 0.6) is 0 Å². The summed E-state index contributed by atoms with van der Waals surface area (Å²) in [5, 5.41) is 3.11. The van der Waals surface area contributed by atoms with Crippen LogP contribution in [-0.4, -0.2) is 24.3 Å². The van der Waals surface area contributed by atoms with Crippen molar-refractivity contribution in [2.75, 3.05) is 7.05 Å². The van der Waals surface area contributed by atoms with Crippen molar-refractivity contribution in [1.29, 1.82) is 0 Å². The van der Waals surface area contributed by atoms with E-state index in [1.807, 2.05) is 13.1 Å². The molecule has 1 aromatic carbocycles. The van der Waals surface area contributed by atoms with E-state index in [2.05, 4.69) is 35.5 Å². The molecular formula is C17H23N3O. The zero-order valence-electron chi connectivity index (χ0n) is 12.6. The second kappa shape index (κ2) is 6.59. The summed E-state index contributed by atoms with van der Waals surface area (Å²) in [5.74, 6) is 0. The summed E-state index contributed by atoms with van der Waals surface area (Å²) in [7, 11) is 1.86. The summed E-state index contributed by atoms with van der Waals surface area (Å²) < 4.78 is 0. The van der Waals surface area contributed by atoms with Gasteiger partial charge in [0.15, 0.2) is 0 Å². The van der Waals surface area contributed by atoms with Gasteiger partial charge in [-0.2, -0.15) is 0 Å². The van der Waals surface area contributed by atoms with E-state index < -0.39 is 0 Å². The van der Waals surface area contributed by atoms with E-state index >= 15 is 0 Å². The van der Waals surface area contributed by atoms with Crippen LogP contribution in [0, 0.1) is 0 Å². The number of carbonyl (C=O) groups excluding carboxylic acids is 1. The van der Waals surface area contributed by atoms with Crippen LogP contribution in [0.1, 0.15) is 29.5 Å². The van der Waals surface area contributed by atoms with Crippen molar-refractivity contribution in [3.63, 3.8) is 0 Å². The fourth-order valence-electron chi connectivity index (χ4n) is 2.83. The minimum Gasteiger partial charge on any atom is -0.390 e. The molecule has 0 aromatic heterocycles. The first-order valence-corrected chi connectivity index (χ1v) is 7.20. The van der Waals surface area contributed by atoms with E-state index in [9.17, 15) is 4.79 Å². The van der Waals surface area contributed by atoms with E-state index in [0.29, 0.717) is 13.0 Å². The van der Waals surface area contributed by atoms with Crippen LogP contribution in [0.2, 0.25) is 0 Å². The average Bonchev–Trinajstić information content (AvgIpc) is 2.83. The first kappa shape index (κ1) is 15.3. The first-order valence-electron chi connectivity index (χ1n) is 7.20. The molecule has 4 heteroatoms. The van der Waals surface area contributed by atoms with Gasteiger partial charge in [-0.25, -0.2) is 0 Å². The van der Waals surface area contributed by atoms with Gasteiger partial charge in [-0.05, 0) is 17.5 Å². The highest BCUT2D eigenvalue weighted by atomic mass is 16.1. The number of benzene rings is 1. The van der Waals surface area contributed by atoms with Crippen molar-refractivity contribution in [2.45, 2.75) is 32.0 Å². The number of aldehydes is 1. The minimum absolute atomic E-state index is 0.0708. The topological polar surface area (TPSA) is 58.4 Å². The molecule has 21 heavy (non-hydrogen) atoms. The van der Waals surface area contributed by atoms with E-state index in [1.54, 1.807) is 0 Å². The quantitative estimate of drug-likeness (QED) is 0.752. The predicted molar refractivity (Wildman–Crippen MR) is 86.2 cm³/mol. The standard InChI is InChI=1S/C17H23N3O/c1-12(19-3)17(5-4-8-21)20-11-15-9-14(10-18)6-7-16(15)13(20)2/h6-9,17,19H,1-2,4-5,10-11,18H2,3H3. The molecule has 4 nitrogen and oxygen atoms in total. The SMILES string of the molecule is C=C(NC)C(CCC=O)N1Cc2cc(CN)ccc2C1=C. The number of hydrogen-bond acceptors (Lipinski definition) is 4. The van der Waals surface area contributed by atoms with E-state index in [4.69, 9.17) is 5.73 Å². The molecule has 1 aromatic rings. The van der Waals surface area contributed by atoms with E-state index in [-0.39, 0.29) is 6.04 Å². The van der Waals surface area contributed by atoms with Crippen molar-refractivity contribution >= 4 is 12.0 Å². The fraction of sp³-hybridized carbons (Fsp3) is 0.353. The predicted octanol–water partition coefficient (Wildman–Crippen LogP) is 2.01. The molecule has 0 aliphatic carbocycles. The maximum absolute atomic E-state index is 10.7. The lowest BCUT2D eigenvalue weighted by Crippen LogP contribution is -2.35. The Labute approximate surface area is 126 Å². The van der Waals surface area contributed by atoms with Gasteiger partial charge >= 0.3 is 0 Å². The highest BCUT2D eigenvalue weighted by molar-refractivity contribution is 5.70. The Bertz CT molecular complexity index is 565. The number of nitrogens with one attached hydrogen (secondary N) is 1. The van der Waals surface area contributed by atoms with Gasteiger partial charge in [0.2, 0.25) is 0 Å². The molecule has 2 rings (SSSR count). The summed E-state index contributed by atoms with van der Waals surface area (Å²) in [5.41, 5.74) is 11.1. The van der Waals surface area contributed by atoms with Crippen molar-refractivity contribution in [3.05, 3.63) is 53.7 Å². The van der Waals surface area contributed by atoms with Gasteiger partial charge in [0.05, 0.1) is 6.04 Å². The maximum Gasteiger partial charge on any atom is 0.120 e. The molecule has 1 aliphatic rings. The second-order valence-electron chi connectivity index (χ2n) is 5.31. The molecule has 1 atom stereocenters. The molecule has 0 saturated heterocycles. The van der Waals surface area contributed by atoms with Crippen molar-refractivity contribution in [3.8, 4) is 0 Å². The normalized spacial score (nSPS) is 14.8. The lowest BCUT2D eigenvalue weighted by molar-refractivity contribution is -0.108. The number of likely N-dealkylation sites (N-methyl/N-ethyl adjacent to an activating group) is 1. The Hall–Kier alpha value is -2.07. The van der Waals surface area contributed by atoms with E-state index in [1.165, 1.54) is 5.56 Å². The van der Waals surface area contributed by atoms with Crippen molar-refractivity contribution in [1.82, 2.24) is 10.2 Å². The number of carbonyl (C=O) groups is 1. The third-order valence-corrected chi connectivity index (χ3v) is 4.06. The Morgan fingerprint density at radius 1 is 1.57 bits per heavy atom. The smallest absolute Gasteiger partial charge is 0.120 e. The summed E-state index contributed by atoms with van der Waals surface area (Å²) in [6.07, 6.45) is 2.20. The van der Waals surface area contributed by atoms with Gasteiger partial charge in [0.25, 0.3) is 0 Å². The van der Waals surface area contributed by atoms with Gasteiger partial charge in [-0.1, -0.05) is 31.4 Å². The Morgan fingerprint density at radius 3 is 2.95 bits per heavy atom. The minimum atomic E-state index is 0.0708. The molecule has 1 heterocycles. The molecular weight excluding hydrogens is 262 g/mol. The van der Waals surface area contributed by atoms with Crippen LogP contribution in [0.3, 0.4) is 0 Å². The maximum atomic E-state index is 10.7. The number of hydrogen-bond donors (Lipinski definition) is 2. The third-order valence-electron chi connectivity index (χ3n) is 4.06. The van der Waals surface area contributed by atoms with Crippen molar-refractivity contribution in [2.24, 2.45) is 5.73 Å². The average molecular weight is 285 g/mol. The molecule has 0 fully saturated rings. The lowest BCUT2D eigenvalue weighted by atomic mass is 10.1. The molecule has 0 spiro atoms. The van der Waals surface area contributed by atoms with Gasteiger partial charge in [-0.15, -0.1) is 0 Å². The highest BCUT2D eigenvalue weighted by Gasteiger charge is 2.29. The molecule has 1 aliphatic heterocycles. The van der Waals surface area contributed by atoms with Gasteiger partial charge in [0, 0.05) is 43.5 Å². The molecule has 112 valence electrons. The first-order chi connectivity index (χ1) is 10.1. The second-order valence-corrected chi connectivity index (χ2v) is 5.31. The van der Waals surface area contributed by atoms with Crippen LogP contribution in [-0.2, 0) is 17.9 Å². The molecule has 3 N–H and O–H groups in total. The number of fused-ring (bicyclic) bond motifs is 1. The van der Waals surface area contributed by atoms with E-state index in [0.717, 1.165) is 41.8 Å². The Morgan fingerprint density at radius 2 is 2.33 bits per heavy atom. The van der Waals surface area contributed by atoms with Gasteiger partial charge in [0.1, 0.15) is 6.29 Å². The van der Waals surface area contributed by atoms with Crippen molar-refractivity contribution < 1.29 is 4.79 Å². The lowest BCUT2D eigenvalue weighted by Gasteiger charge is -2.31. The van der Waals surface area contributed by atoms with Crippen LogP contribution in [0.4, 0.5) is 0 Å². The molecule has 1 unspecified atom stereocenters. The molecule has 0 bridgehead atoms. The van der Waals surface area contributed by atoms with Gasteiger partial charge < -0.3 is 20.7 Å². The highest BCUT2D eigenvalue weighted by Crippen LogP contribution is 2.35. The molecule has 0 amide bonds. The fourth-order valence-corrected chi connectivity index (χ4v) is 2.83. The third kappa shape index (κ3) is 3.00. The van der Waals surface area contributed by atoms with Crippen LogP contribution < -0.4 is 11.1 Å². The monoisotopic (exact) mass is 285 g/mol. The summed E-state index contributed by atoms with van der Waals surface area (Å²) in [4.78, 5) is 12.9. The zero-order chi connectivity index (χ0) is 15.4.